The highest BCUT2D eigenvalue weighted by molar-refractivity contribution is 5.37. The summed E-state index contributed by atoms with van der Waals surface area (Å²) in [5.41, 5.74) is 3.46. The Bertz CT molecular complexity index is 642. The van der Waals surface area contributed by atoms with Gasteiger partial charge in [0.25, 0.3) is 0 Å². The minimum absolute atomic E-state index is 0.421. The van der Waals surface area contributed by atoms with E-state index in [0.717, 1.165) is 22.4 Å². The predicted octanol–water partition coefficient (Wildman–Crippen LogP) is 3.50. The van der Waals surface area contributed by atoms with Crippen LogP contribution in [0.2, 0.25) is 0 Å². The van der Waals surface area contributed by atoms with Gasteiger partial charge in [0.2, 0.25) is 0 Å². The Kier molecular flexibility index (Phi) is 4.39. The fraction of sp³-hybridized carbons (Fsp3) is 0.235. The van der Waals surface area contributed by atoms with E-state index in [-0.39, 0.29) is 0 Å². The number of rotatable bonds is 4. The Morgan fingerprint density at radius 1 is 1.25 bits per heavy atom. The van der Waals surface area contributed by atoms with E-state index in [2.05, 4.69) is 6.07 Å². The van der Waals surface area contributed by atoms with Crippen molar-refractivity contribution < 1.29 is 9.84 Å². The molecular formula is C17H17NO2. The van der Waals surface area contributed by atoms with Gasteiger partial charge in [0.15, 0.2) is 0 Å². The molecule has 0 unspecified atom stereocenters. The maximum Gasteiger partial charge on any atom is 0.122 e. The van der Waals surface area contributed by atoms with Crippen LogP contribution in [0.25, 0.3) is 0 Å². The van der Waals surface area contributed by atoms with E-state index in [9.17, 15) is 5.11 Å². The summed E-state index contributed by atoms with van der Waals surface area (Å²) in [7, 11) is 0. The molecule has 3 nitrogen and oxygen atoms in total. The number of aryl methyl sites for hydroxylation is 1. The molecule has 0 aliphatic carbocycles. The van der Waals surface area contributed by atoms with Crippen molar-refractivity contribution in [3.8, 4) is 11.8 Å². The second kappa shape index (κ2) is 6.23. The molecule has 1 N–H and O–H groups in total. The molecule has 20 heavy (non-hydrogen) atoms. The van der Waals surface area contributed by atoms with Crippen molar-refractivity contribution >= 4 is 0 Å². The maximum absolute atomic E-state index is 9.53. The molecule has 2 aromatic rings. The highest BCUT2D eigenvalue weighted by Crippen LogP contribution is 2.23. The number of ether oxygens (including phenoxy) is 1. The molecule has 0 amide bonds. The van der Waals surface area contributed by atoms with Gasteiger partial charge in [0.1, 0.15) is 12.4 Å². The van der Waals surface area contributed by atoms with Crippen molar-refractivity contribution in [1.82, 2.24) is 0 Å². The van der Waals surface area contributed by atoms with Crippen LogP contribution in [0.1, 0.15) is 35.3 Å². The van der Waals surface area contributed by atoms with E-state index in [1.165, 1.54) is 0 Å². The molecule has 0 aliphatic rings. The zero-order chi connectivity index (χ0) is 14.5. The molecule has 0 aliphatic heterocycles. The number of hydrogen-bond donors (Lipinski definition) is 1. The zero-order valence-corrected chi connectivity index (χ0v) is 11.6. The SMILES string of the molecule is Cc1cc([C@H](C)O)ccc1OCc1cccc(C#N)c1. The molecule has 0 saturated carbocycles. The van der Waals surface area contributed by atoms with Crippen LogP contribution in [0, 0.1) is 18.3 Å². The average Bonchev–Trinajstić information content (AvgIpc) is 2.46. The lowest BCUT2D eigenvalue weighted by atomic mass is 10.1. The monoisotopic (exact) mass is 267 g/mol. The zero-order valence-electron chi connectivity index (χ0n) is 11.6. The number of hydrogen-bond acceptors (Lipinski definition) is 3. The number of aliphatic hydroxyl groups is 1. The molecule has 0 heterocycles. The third-order valence-corrected chi connectivity index (χ3v) is 3.13. The fourth-order valence-electron chi connectivity index (χ4n) is 1.99. The first-order chi connectivity index (χ1) is 9.60. The lowest BCUT2D eigenvalue weighted by Gasteiger charge is -2.12. The van der Waals surface area contributed by atoms with Gasteiger partial charge in [-0.05, 0) is 54.8 Å². The van der Waals surface area contributed by atoms with Crippen LogP contribution in [0.3, 0.4) is 0 Å². The smallest absolute Gasteiger partial charge is 0.122 e. The predicted molar refractivity (Wildman–Crippen MR) is 77.3 cm³/mol. The Hall–Kier alpha value is -2.31. The molecule has 0 spiro atoms. The summed E-state index contributed by atoms with van der Waals surface area (Å²) < 4.78 is 5.77. The standard InChI is InChI=1S/C17H17NO2/c1-12-8-16(13(2)19)6-7-17(12)20-11-15-5-3-4-14(9-15)10-18/h3-9,13,19H,11H2,1-2H3/t13-/m0/s1. The highest BCUT2D eigenvalue weighted by Gasteiger charge is 2.05. The first kappa shape index (κ1) is 14.1. The van der Waals surface area contributed by atoms with E-state index in [0.29, 0.717) is 12.2 Å². The largest absolute Gasteiger partial charge is 0.489 e. The molecule has 0 bridgehead atoms. The van der Waals surface area contributed by atoms with Gasteiger partial charge in [0.05, 0.1) is 17.7 Å². The first-order valence-corrected chi connectivity index (χ1v) is 6.50. The van der Waals surface area contributed by atoms with Crippen LogP contribution >= 0.6 is 0 Å². The number of aliphatic hydroxyl groups excluding tert-OH is 1. The quantitative estimate of drug-likeness (QED) is 0.922. The van der Waals surface area contributed by atoms with Gasteiger partial charge >= 0.3 is 0 Å². The van der Waals surface area contributed by atoms with Crippen molar-refractivity contribution in [1.29, 1.82) is 5.26 Å². The summed E-state index contributed by atoms with van der Waals surface area (Å²) in [6.07, 6.45) is -0.477. The molecule has 2 aromatic carbocycles. The number of nitriles is 1. The van der Waals surface area contributed by atoms with Crippen molar-refractivity contribution in [2.75, 3.05) is 0 Å². The van der Waals surface area contributed by atoms with Gasteiger partial charge in [-0.3, -0.25) is 0 Å². The minimum atomic E-state index is -0.477. The van der Waals surface area contributed by atoms with Crippen molar-refractivity contribution in [2.45, 2.75) is 26.6 Å². The fourth-order valence-corrected chi connectivity index (χ4v) is 1.99. The van der Waals surface area contributed by atoms with E-state index in [4.69, 9.17) is 10.00 Å². The second-order valence-electron chi connectivity index (χ2n) is 4.80. The molecule has 2 rings (SSSR count). The van der Waals surface area contributed by atoms with Crippen LogP contribution < -0.4 is 4.74 Å². The molecule has 0 radical (unpaired) electrons. The molecule has 1 atom stereocenters. The highest BCUT2D eigenvalue weighted by atomic mass is 16.5. The van der Waals surface area contributed by atoms with Crippen LogP contribution in [-0.2, 0) is 6.61 Å². The third kappa shape index (κ3) is 3.37. The van der Waals surface area contributed by atoms with E-state index >= 15 is 0 Å². The van der Waals surface area contributed by atoms with E-state index in [1.54, 1.807) is 13.0 Å². The molecule has 0 aromatic heterocycles. The first-order valence-electron chi connectivity index (χ1n) is 6.50. The Morgan fingerprint density at radius 2 is 2.05 bits per heavy atom. The summed E-state index contributed by atoms with van der Waals surface area (Å²) in [4.78, 5) is 0. The van der Waals surface area contributed by atoms with Gasteiger partial charge in [-0.25, -0.2) is 0 Å². The van der Waals surface area contributed by atoms with Crippen LogP contribution in [0.5, 0.6) is 5.75 Å². The summed E-state index contributed by atoms with van der Waals surface area (Å²) in [5.74, 6) is 0.789. The lowest BCUT2D eigenvalue weighted by molar-refractivity contribution is 0.199. The lowest BCUT2D eigenvalue weighted by Crippen LogP contribution is -1.99. The van der Waals surface area contributed by atoms with Gasteiger partial charge in [-0.1, -0.05) is 18.2 Å². The van der Waals surface area contributed by atoms with Crippen LogP contribution in [0.4, 0.5) is 0 Å². The maximum atomic E-state index is 9.53. The second-order valence-corrected chi connectivity index (χ2v) is 4.80. The van der Waals surface area contributed by atoms with Crippen LogP contribution in [-0.4, -0.2) is 5.11 Å². The Morgan fingerprint density at radius 3 is 2.70 bits per heavy atom. The minimum Gasteiger partial charge on any atom is -0.489 e. The van der Waals surface area contributed by atoms with Gasteiger partial charge in [0, 0.05) is 0 Å². The summed E-state index contributed by atoms with van der Waals surface area (Å²) in [6.45, 7) is 4.11. The van der Waals surface area contributed by atoms with E-state index in [1.807, 2.05) is 43.3 Å². The normalized spacial score (nSPS) is 11.7. The Balaban J connectivity index is 2.09. The third-order valence-electron chi connectivity index (χ3n) is 3.13. The van der Waals surface area contributed by atoms with Gasteiger partial charge in [-0.15, -0.1) is 0 Å². The van der Waals surface area contributed by atoms with Crippen molar-refractivity contribution in [3.63, 3.8) is 0 Å². The topological polar surface area (TPSA) is 53.2 Å². The molecular weight excluding hydrogens is 250 g/mol. The molecule has 0 saturated heterocycles. The number of benzene rings is 2. The average molecular weight is 267 g/mol. The van der Waals surface area contributed by atoms with Crippen molar-refractivity contribution in [2.24, 2.45) is 0 Å². The summed E-state index contributed by atoms with van der Waals surface area (Å²) in [6, 6.07) is 15.1. The van der Waals surface area contributed by atoms with Crippen LogP contribution in [0.15, 0.2) is 42.5 Å². The molecule has 3 heteroatoms. The summed E-state index contributed by atoms with van der Waals surface area (Å²) in [5, 5.41) is 18.4. The van der Waals surface area contributed by atoms with E-state index < -0.39 is 6.10 Å². The van der Waals surface area contributed by atoms with Gasteiger partial charge in [-0.2, -0.15) is 5.26 Å². The molecule has 0 fully saturated rings. The molecule has 102 valence electrons. The van der Waals surface area contributed by atoms with Crippen molar-refractivity contribution in [3.05, 3.63) is 64.7 Å². The Labute approximate surface area is 119 Å². The number of nitrogens with zero attached hydrogens (tertiary/aromatic N) is 1. The van der Waals surface area contributed by atoms with Gasteiger partial charge < -0.3 is 9.84 Å². The summed E-state index contributed by atoms with van der Waals surface area (Å²) >= 11 is 0.